The Bertz CT molecular complexity index is 579. The third-order valence-electron chi connectivity index (χ3n) is 3.83. The average Bonchev–Trinajstić information content (AvgIpc) is 2.39. The van der Waals surface area contributed by atoms with E-state index in [1.165, 1.54) is 43.1 Å². The van der Waals surface area contributed by atoms with Gasteiger partial charge in [-0.15, -0.1) is 0 Å². The fourth-order valence-corrected chi connectivity index (χ4v) is 2.98. The summed E-state index contributed by atoms with van der Waals surface area (Å²) < 4.78 is 0. The van der Waals surface area contributed by atoms with E-state index in [2.05, 4.69) is 11.1 Å². The van der Waals surface area contributed by atoms with Crippen molar-refractivity contribution in [2.75, 3.05) is 0 Å². The summed E-state index contributed by atoms with van der Waals surface area (Å²) in [7, 11) is 0. The molecule has 2 aromatic rings. The molecule has 0 unspecified atom stereocenters. The Hall–Kier alpha value is -1.57. The molecular formula is C15H17NO. The molecule has 1 saturated carbocycles. The zero-order valence-electron chi connectivity index (χ0n) is 9.91. The highest BCUT2D eigenvalue weighted by Crippen LogP contribution is 2.34. The number of para-hydroxylation sites is 1. The van der Waals surface area contributed by atoms with E-state index in [0.29, 0.717) is 5.92 Å². The Morgan fingerprint density at radius 1 is 1.06 bits per heavy atom. The van der Waals surface area contributed by atoms with Gasteiger partial charge in [0.15, 0.2) is 0 Å². The lowest BCUT2D eigenvalue weighted by atomic mass is 9.83. The second-order valence-corrected chi connectivity index (χ2v) is 4.97. The van der Waals surface area contributed by atoms with Gasteiger partial charge in [0, 0.05) is 17.0 Å². The van der Waals surface area contributed by atoms with Gasteiger partial charge in [-0.05, 0) is 30.4 Å². The second-order valence-electron chi connectivity index (χ2n) is 4.97. The highest BCUT2D eigenvalue weighted by atomic mass is 16.1. The Morgan fingerprint density at radius 2 is 1.82 bits per heavy atom. The van der Waals surface area contributed by atoms with Crippen LogP contribution >= 0.6 is 0 Å². The summed E-state index contributed by atoms with van der Waals surface area (Å²) in [5.41, 5.74) is 2.26. The monoisotopic (exact) mass is 227 g/mol. The molecule has 2 nitrogen and oxygen atoms in total. The van der Waals surface area contributed by atoms with Crippen molar-refractivity contribution in [1.82, 2.24) is 4.98 Å². The maximum atomic E-state index is 11.7. The highest BCUT2D eigenvalue weighted by molar-refractivity contribution is 5.82. The molecular weight excluding hydrogens is 210 g/mol. The van der Waals surface area contributed by atoms with Crippen LogP contribution in [0.4, 0.5) is 0 Å². The van der Waals surface area contributed by atoms with Gasteiger partial charge < -0.3 is 4.98 Å². The summed E-state index contributed by atoms with van der Waals surface area (Å²) in [6, 6.07) is 9.94. The van der Waals surface area contributed by atoms with Crippen molar-refractivity contribution in [1.29, 1.82) is 0 Å². The zero-order valence-corrected chi connectivity index (χ0v) is 9.91. The first-order valence-electron chi connectivity index (χ1n) is 6.46. The Labute approximate surface area is 101 Å². The minimum absolute atomic E-state index is 0.0317. The molecule has 1 aliphatic rings. The quantitative estimate of drug-likeness (QED) is 0.793. The van der Waals surface area contributed by atoms with Crippen LogP contribution in [0.3, 0.4) is 0 Å². The van der Waals surface area contributed by atoms with Crippen molar-refractivity contribution in [3.63, 3.8) is 0 Å². The van der Waals surface area contributed by atoms with E-state index in [4.69, 9.17) is 0 Å². The Morgan fingerprint density at radius 3 is 2.65 bits per heavy atom. The lowest BCUT2D eigenvalue weighted by Crippen LogP contribution is -2.11. The lowest BCUT2D eigenvalue weighted by Gasteiger charge is -2.23. The lowest BCUT2D eigenvalue weighted by molar-refractivity contribution is 0.445. The van der Waals surface area contributed by atoms with E-state index in [0.717, 1.165) is 5.52 Å². The standard InChI is InChI=1S/C15H17NO/c17-15-10-13(11-6-2-1-3-7-11)12-8-4-5-9-14(12)16-15/h4-5,8-11H,1-3,6-7H2,(H,16,17). The number of fused-ring (bicyclic) bond motifs is 1. The van der Waals surface area contributed by atoms with Crippen LogP contribution in [0, 0.1) is 0 Å². The molecule has 1 aliphatic carbocycles. The fraction of sp³-hybridized carbons (Fsp3) is 0.400. The van der Waals surface area contributed by atoms with Gasteiger partial charge in [0.2, 0.25) is 5.56 Å². The van der Waals surface area contributed by atoms with E-state index in [1.807, 2.05) is 18.2 Å². The van der Waals surface area contributed by atoms with Crippen molar-refractivity contribution in [2.24, 2.45) is 0 Å². The maximum absolute atomic E-state index is 11.7. The van der Waals surface area contributed by atoms with Gasteiger partial charge in [-0.2, -0.15) is 0 Å². The number of benzene rings is 1. The summed E-state index contributed by atoms with van der Waals surface area (Å²) in [5.74, 6) is 0.580. The molecule has 0 atom stereocenters. The van der Waals surface area contributed by atoms with Crippen molar-refractivity contribution >= 4 is 10.9 Å². The molecule has 88 valence electrons. The summed E-state index contributed by atoms with van der Waals surface area (Å²) in [4.78, 5) is 14.6. The highest BCUT2D eigenvalue weighted by Gasteiger charge is 2.18. The normalized spacial score (nSPS) is 17.4. The van der Waals surface area contributed by atoms with Crippen LogP contribution in [-0.4, -0.2) is 4.98 Å². The summed E-state index contributed by atoms with van der Waals surface area (Å²) in [6.45, 7) is 0. The average molecular weight is 227 g/mol. The SMILES string of the molecule is O=c1cc(C2CCCCC2)c2ccccc2[nH]1. The van der Waals surface area contributed by atoms with Gasteiger partial charge in [0.05, 0.1) is 0 Å². The number of hydrogen-bond acceptors (Lipinski definition) is 1. The third kappa shape index (κ3) is 1.99. The number of pyridine rings is 1. The number of hydrogen-bond donors (Lipinski definition) is 1. The van der Waals surface area contributed by atoms with Crippen LogP contribution < -0.4 is 5.56 Å². The molecule has 1 heterocycles. The number of aromatic amines is 1. The van der Waals surface area contributed by atoms with Gasteiger partial charge in [0.1, 0.15) is 0 Å². The van der Waals surface area contributed by atoms with E-state index in [-0.39, 0.29) is 5.56 Å². The first-order chi connectivity index (χ1) is 8.34. The molecule has 0 spiro atoms. The number of H-pyrrole nitrogens is 1. The second kappa shape index (κ2) is 4.36. The summed E-state index contributed by atoms with van der Waals surface area (Å²) in [6.07, 6.45) is 6.40. The molecule has 1 aromatic carbocycles. The number of nitrogens with one attached hydrogen (secondary N) is 1. The smallest absolute Gasteiger partial charge is 0.248 e. The minimum Gasteiger partial charge on any atom is -0.322 e. The molecule has 0 radical (unpaired) electrons. The van der Waals surface area contributed by atoms with Crippen LogP contribution in [0.2, 0.25) is 0 Å². The van der Waals surface area contributed by atoms with Crippen LogP contribution in [-0.2, 0) is 0 Å². The zero-order chi connectivity index (χ0) is 11.7. The van der Waals surface area contributed by atoms with Gasteiger partial charge in [0.25, 0.3) is 0 Å². The van der Waals surface area contributed by atoms with E-state index < -0.39 is 0 Å². The van der Waals surface area contributed by atoms with Crippen LogP contribution in [0.5, 0.6) is 0 Å². The fourth-order valence-electron chi connectivity index (χ4n) is 2.98. The Kier molecular flexibility index (Phi) is 2.71. The van der Waals surface area contributed by atoms with Gasteiger partial charge >= 0.3 is 0 Å². The first-order valence-corrected chi connectivity index (χ1v) is 6.46. The van der Waals surface area contributed by atoms with Crippen molar-refractivity contribution in [2.45, 2.75) is 38.0 Å². The molecule has 0 bridgehead atoms. The van der Waals surface area contributed by atoms with Crippen molar-refractivity contribution < 1.29 is 0 Å². The van der Waals surface area contributed by atoms with Crippen LogP contribution in [0.15, 0.2) is 35.1 Å². The predicted molar refractivity (Wildman–Crippen MR) is 70.4 cm³/mol. The summed E-state index contributed by atoms with van der Waals surface area (Å²) >= 11 is 0. The molecule has 17 heavy (non-hydrogen) atoms. The van der Waals surface area contributed by atoms with Gasteiger partial charge in [-0.1, -0.05) is 37.5 Å². The van der Waals surface area contributed by atoms with Crippen LogP contribution in [0.1, 0.15) is 43.6 Å². The van der Waals surface area contributed by atoms with Crippen LogP contribution in [0.25, 0.3) is 10.9 Å². The summed E-state index contributed by atoms with van der Waals surface area (Å²) in [5, 5.41) is 1.22. The number of rotatable bonds is 1. The molecule has 0 aliphatic heterocycles. The van der Waals surface area contributed by atoms with Gasteiger partial charge in [-0.3, -0.25) is 4.79 Å². The predicted octanol–water partition coefficient (Wildman–Crippen LogP) is 3.58. The largest absolute Gasteiger partial charge is 0.322 e. The van der Waals surface area contributed by atoms with Gasteiger partial charge in [-0.25, -0.2) is 0 Å². The molecule has 0 saturated heterocycles. The topological polar surface area (TPSA) is 32.9 Å². The van der Waals surface area contributed by atoms with Crippen molar-refractivity contribution in [3.05, 3.63) is 46.2 Å². The van der Waals surface area contributed by atoms with E-state index >= 15 is 0 Å². The molecule has 1 aromatic heterocycles. The first kappa shape index (κ1) is 10.6. The molecule has 2 heteroatoms. The number of aromatic nitrogens is 1. The molecule has 1 fully saturated rings. The maximum Gasteiger partial charge on any atom is 0.248 e. The molecule has 1 N–H and O–H groups in total. The minimum atomic E-state index is 0.0317. The molecule has 3 rings (SSSR count). The van der Waals surface area contributed by atoms with E-state index in [9.17, 15) is 4.79 Å². The van der Waals surface area contributed by atoms with Crippen molar-refractivity contribution in [3.8, 4) is 0 Å². The molecule has 0 amide bonds. The third-order valence-corrected chi connectivity index (χ3v) is 3.83. The Balaban J connectivity index is 2.16. The van der Waals surface area contributed by atoms with E-state index in [1.54, 1.807) is 6.07 Å².